The van der Waals surface area contributed by atoms with E-state index in [2.05, 4.69) is 10.6 Å². The van der Waals surface area contributed by atoms with Gasteiger partial charge in [0.25, 0.3) is 5.91 Å². The number of carbonyl (C=O) groups is 3. The lowest BCUT2D eigenvalue weighted by molar-refractivity contribution is -0.144. The molecule has 2 aromatic carbocycles. The molecule has 2 amide bonds. The van der Waals surface area contributed by atoms with E-state index in [1.165, 1.54) is 7.11 Å². The highest BCUT2D eigenvalue weighted by Gasteiger charge is 2.39. The van der Waals surface area contributed by atoms with Crippen LogP contribution in [0.1, 0.15) is 50.5 Å². The van der Waals surface area contributed by atoms with Crippen molar-refractivity contribution in [2.75, 3.05) is 7.11 Å². The first-order valence-electron chi connectivity index (χ1n) is 10.6. The van der Waals surface area contributed by atoms with E-state index >= 15 is 0 Å². The van der Waals surface area contributed by atoms with Crippen LogP contribution in [0.4, 0.5) is 4.79 Å². The second-order valence-corrected chi connectivity index (χ2v) is 9.21. The molecule has 33 heavy (non-hydrogen) atoms. The predicted molar refractivity (Wildman–Crippen MR) is 125 cm³/mol. The van der Waals surface area contributed by atoms with Gasteiger partial charge in [-0.1, -0.05) is 36.4 Å². The van der Waals surface area contributed by atoms with Gasteiger partial charge in [0, 0.05) is 5.56 Å². The first-order chi connectivity index (χ1) is 15.4. The third-order valence-corrected chi connectivity index (χ3v) is 4.87. The molecule has 0 spiro atoms. The normalized spacial score (nSPS) is 12.5. The Labute approximate surface area is 194 Å². The molecule has 1 unspecified atom stereocenters. The smallest absolute Gasteiger partial charge is 0.408 e. The van der Waals surface area contributed by atoms with Crippen molar-refractivity contribution < 1.29 is 29.0 Å². The molecule has 2 aromatic rings. The third-order valence-electron chi connectivity index (χ3n) is 4.87. The van der Waals surface area contributed by atoms with Gasteiger partial charge in [-0.3, -0.25) is 4.79 Å². The predicted octanol–water partition coefficient (Wildman–Crippen LogP) is 3.42. The maximum Gasteiger partial charge on any atom is 0.408 e. The van der Waals surface area contributed by atoms with Gasteiger partial charge in [-0.05, 0) is 63.4 Å². The van der Waals surface area contributed by atoms with Crippen molar-refractivity contribution in [2.45, 2.75) is 58.4 Å². The zero-order valence-electron chi connectivity index (χ0n) is 19.9. The molecule has 0 aliphatic rings. The number of esters is 1. The fraction of sp³-hybridized carbons (Fsp3) is 0.400. The van der Waals surface area contributed by atoms with Gasteiger partial charge in [-0.15, -0.1) is 0 Å². The average molecular weight is 457 g/mol. The van der Waals surface area contributed by atoms with Crippen molar-refractivity contribution in [3.63, 3.8) is 0 Å². The Hall–Kier alpha value is -3.39. The number of hydrogen-bond donors (Lipinski definition) is 3. The molecule has 0 heterocycles. The molecule has 0 aliphatic carbocycles. The Bertz CT molecular complexity index is 975. The molecule has 2 rings (SSSR count). The van der Waals surface area contributed by atoms with Crippen molar-refractivity contribution >= 4 is 18.0 Å². The number of nitrogens with one attached hydrogen (secondary N) is 2. The number of carbonyl (C=O) groups excluding carboxylic acids is 3. The largest absolute Gasteiger partial charge is 0.467 e. The molecule has 8 heteroatoms. The minimum atomic E-state index is -1.19. The Morgan fingerprint density at radius 3 is 1.88 bits per heavy atom. The number of alkyl carbamates (subject to hydrolysis) is 1. The van der Waals surface area contributed by atoms with Crippen LogP contribution >= 0.6 is 0 Å². The second kappa shape index (κ2) is 10.5. The fourth-order valence-corrected chi connectivity index (χ4v) is 3.12. The van der Waals surface area contributed by atoms with Gasteiger partial charge in [0.2, 0.25) is 0 Å². The topological polar surface area (TPSA) is 114 Å². The molecule has 1 atom stereocenters. The number of rotatable bonds is 7. The summed E-state index contributed by atoms with van der Waals surface area (Å²) in [7, 11) is 1.21. The van der Waals surface area contributed by atoms with Crippen LogP contribution in [0.25, 0.3) is 11.1 Å². The quantitative estimate of drug-likeness (QED) is 0.550. The minimum absolute atomic E-state index is 0.0279. The highest BCUT2D eigenvalue weighted by Crippen LogP contribution is 2.21. The lowest BCUT2D eigenvalue weighted by Gasteiger charge is -2.34. The van der Waals surface area contributed by atoms with Crippen molar-refractivity contribution in [1.82, 2.24) is 10.6 Å². The van der Waals surface area contributed by atoms with E-state index in [9.17, 15) is 19.5 Å². The highest BCUT2D eigenvalue weighted by molar-refractivity contribution is 5.97. The van der Waals surface area contributed by atoms with E-state index in [1.807, 2.05) is 24.3 Å². The monoisotopic (exact) mass is 456 g/mol. The SMILES string of the molecule is COC(=O)C(NC(=O)c1ccc(-c2ccc(CO)cc2)cc1)C(C)(C)NC(=O)OC(C)(C)C. The first-order valence-corrected chi connectivity index (χ1v) is 10.6. The van der Waals surface area contributed by atoms with E-state index in [1.54, 1.807) is 58.9 Å². The van der Waals surface area contributed by atoms with E-state index < -0.39 is 35.2 Å². The molecular weight excluding hydrogens is 424 g/mol. The van der Waals surface area contributed by atoms with Crippen LogP contribution in [0, 0.1) is 0 Å². The number of methoxy groups -OCH3 is 1. The summed E-state index contributed by atoms with van der Waals surface area (Å²) in [5.74, 6) is -1.20. The number of benzene rings is 2. The van der Waals surface area contributed by atoms with Crippen molar-refractivity contribution in [1.29, 1.82) is 0 Å². The average Bonchev–Trinajstić information content (AvgIpc) is 2.75. The summed E-state index contributed by atoms with van der Waals surface area (Å²) in [6.45, 7) is 8.34. The molecule has 0 bridgehead atoms. The lowest BCUT2D eigenvalue weighted by Crippen LogP contribution is -2.62. The van der Waals surface area contributed by atoms with E-state index in [0.717, 1.165) is 16.7 Å². The Balaban J connectivity index is 2.17. The molecule has 0 aromatic heterocycles. The zero-order valence-corrected chi connectivity index (χ0v) is 19.9. The van der Waals surface area contributed by atoms with Crippen LogP contribution in [0.3, 0.4) is 0 Å². The van der Waals surface area contributed by atoms with Gasteiger partial charge in [-0.2, -0.15) is 0 Å². The Kier molecular flexibility index (Phi) is 8.22. The maximum atomic E-state index is 12.9. The van der Waals surface area contributed by atoms with Gasteiger partial charge >= 0.3 is 12.1 Å². The molecule has 178 valence electrons. The summed E-state index contributed by atoms with van der Waals surface area (Å²) in [5.41, 5.74) is 1.07. The highest BCUT2D eigenvalue weighted by atomic mass is 16.6. The molecule has 0 aliphatic heterocycles. The Morgan fingerprint density at radius 2 is 1.42 bits per heavy atom. The summed E-state index contributed by atoms with van der Waals surface area (Å²) >= 11 is 0. The number of aliphatic hydroxyl groups excluding tert-OH is 1. The van der Waals surface area contributed by atoms with Crippen LogP contribution < -0.4 is 10.6 Å². The Morgan fingerprint density at radius 1 is 0.909 bits per heavy atom. The van der Waals surface area contributed by atoms with Gasteiger partial charge in [0.05, 0.1) is 19.3 Å². The number of hydrogen-bond acceptors (Lipinski definition) is 6. The van der Waals surface area contributed by atoms with Gasteiger partial charge in [0.1, 0.15) is 11.6 Å². The molecule has 0 saturated carbocycles. The van der Waals surface area contributed by atoms with E-state index in [-0.39, 0.29) is 6.61 Å². The summed E-state index contributed by atoms with van der Waals surface area (Å²) in [6, 6.07) is 13.2. The minimum Gasteiger partial charge on any atom is -0.467 e. The molecular formula is C25H32N2O6. The van der Waals surface area contributed by atoms with Crippen molar-refractivity contribution in [3.8, 4) is 11.1 Å². The van der Waals surface area contributed by atoms with Crippen LogP contribution in [0.2, 0.25) is 0 Å². The zero-order chi connectivity index (χ0) is 24.8. The van der Waals surface area contributed by atoms with E-state index in [0.29, 0.717) is 5.56 Å². The van der Waals surface area contributed by atoms with Crippen LogP contribution in [0.5, 0.6) is 0 Å². The van der Waals surface area contributed by atoms with Gasteiger partial charge in [-0.25, -0.2) is 9.59 Å². The van der Waals surface area contributed by atoms with Crippen LogP contribution in [0.15, 0.2) is 48.5 Å². The van der Waals surface area contributed by atoms with Crippen LogP contribution in [-0.4, -0.2) is 47.4 Å². The second-order valence-electron chi connectivity index (χ2n) is 9.21. The summed E-state index contributed by atoms with van der Waals surface area (Å²) in [6.07, 6.45) is -0.716. The van der Waals surface area contributed by atoms with Gasteiger partial charge in [0.15, 0.2) is 0 Å². The third kappa shape index (κ3) is 7.32. The number of ether oxygens (including phenoxy) is 2. The van der Waals surface area contributed by atoms with Crippen molar-refractivity contribution in [2.24, 2.45) is 0 Å². The van der Waals surface area contributed by atoms with Crippen LogP contribution in [-0.2, 0) is 20.9 Å². The number of aliphatic hydroxyl groups is 1. The summed E-state index contributed by atoms with van der Waals surface area (Å²) in [4.78, 5) is 37.6. The molecule has 0 radical (unpaired) electrons. The van der Waals surface area contributed by atoms with Gasteiger partial charge < -0.3 is 25.2 Å². The maximum absolute atomic E-state index is 12.9. The summed E-state index contributed by atoms with van der Waals surface area (Å²) in [5, 5.41) is 14.5. The van der Waals surface area contributed by atoms with Crippen molar-refractivity contribution in [3.05, 3.63) is 59.7 Å². The first kappa shape index (κ1) is 25.9. The molecule has 0 fully saturated rings. The molecule has 3 N–H and O–H groups in total. The van der Waals surface area contributed by atoms with E-state index in [4.69, 9.17) is 9.47 Å². The lowest BCUT2D eigenvalue weighted by atomic mass is 9.94. The number of amides is 2. The molecule has 0 saturated heterocycles. The standard InChI is InChI=1S/C25H32N2O6/c1-24(2,3)33-23(31)27-25(4,5)20(22(30)32-6)26-21(29)19-13-11-18(12-14-19)17-9-7-16(15-28)8-10-17/h7-14,20,28H,15H2,1-6H3,(H,26,29)(H,27,31). The molecule has 8 nitrogen and oxygen atoms in total. The summed E-state index contributed by atoms with van der Waals surface area (Å²) < 4.78 is 10.1. The fourth-order valence-electron chi connectivity index (χ4n) is 3.12.